The summed E-state index contributed by atoms with van der Waals surface area (Å²) < 4.78 is 5.32. The summed E-state index contributed by atoms with van der Waals surface area (Å²) in [6.45, 7) is 5.54. The third-order valence-electron chi connectivity index (χ3n) is 6.37. The molecule has 0 bridgehead atoms. The van der Waals surface area contributed by atoms with Gasteiger partial charge in [0.25, 0.3) is 0 Å². The Balaban J connectivity index is 1.99. The first kappa shape index (κ1) is 24.3. The lowest BCUT2D eigenvalue weighted by Crippen LogP contribution is -2.45. The smallest absolute Gasteiger partial charge is 0.310 e. The van der Waals surface area contributed by atoms with Gasteiger partial charge in [-0.1, -0.05) is 49.2 Å². The van der Waals surface area contributed by atoms with E-state index in [1.165, 1.54) is 4.90 Å². The molecule has 2 amide bonds. The number of aliphatic hydroxyl groups excluding tert-OH is 1. The number of β-amino-alcohol motifs (C(OH)–C–C–N with tert-alkyl or cyclic N) is 1. The number of carbonyl (C=O) groups is 3. The monoisotopic (exact) mass is 462 g/mol. The van der Waals surface area contributed by atoms with Crippen LogP contribution in [-0.4, -0.2) is 53.6 Å². The van der Waals surface area contributed by atoms with Crippen molar-refractivity contribution in [2.75, 3.05) is 25.1 Å². The molecular weight excluding hydrogens is 432 g/mol. The number of hydrogen-bond donors (Lipinski definition) is 2. The predicted octanol–water partition coefficient (Wildman–Crippen LogP) is 3.19. The highest BCUT2D eigenvalue weighted by atomic mass is 35.5. The number of nitrogens with zero attached hydrogens (tertiary/aromatic N) is 1. The van der Waals surface area contributed by atoms with Crippen LogP contribution in [0.5, 0.6) is 0 Å². The molecule has 8 heteroatoms. The molecule has 3 rings (SSSR count). The molecule has 5 atom stereocenters. The van der Waals surface area contributed by atoms with Crippen molar-refractivity contribution in [3.63, 3.8) is 0 Å². The topological polar surface area (TPSA) is 95.9 Å². The van der Waals surface area contributed by atoms with Crippen LogP contribution in [0.1, 0.15) is 32.3 Å². The lowest BCUT2D eigenvalue weighted by Gasteiger charge is -2.33. The fourth-order valence-corrected chi connectivity index (χ4v) is 5.27. The molecule has 2 aliphatic rings. The molecule has 1 aliphatic heterocycles. The number of likely N-dealkylation sites (tertiary alicyclic amines) is 1. The average Bonchev–Trinajstić information content (AvgIpc) is 3.03. The number of anilines is 1. The molecule has 1 saturated heterocycles. The molecule has 7 nitrogen and oxygen atoms in total. The van der Waals surface area contributed by atoms with E-state index >= 15 is 0 Å². The number of fused-ring (bicyclic) bond motifs is 1. The van der Waals surface area contributed by atoms with Crippen LogP contribution in [0.2, 0.25) is 5.02 Å². The first-order chi connectivity index (χ1) is 15.3. The number of benzene rings is 1. The maximum absolute atomic E-state index is 13.5. The highest BCUT2D eigenvalue weighted by Gasteiger charge is 2.57. The maximum Gasteiger partial charge on any atom is 0.310 e. The van der Waals surface area contributed by atoms with E-state index in [1.807, 2.05) is 32.1 Å². The van der Waals surface area contributed by atoms with Gasteiger partial charge in [-0.15, -0.1) is 0 Å². The van der Waals surface area contributed by atoms with Gasteiger partial charge >= 0.3 is 5.97 Å². The van der Waals surface area contributed by atoms with E-state index in [0.29, 0.717) is 10.7 Å². The Morgan fingerprint density at radius 3 is 2.62 bits per heavy atom. The standard InChI is InChI=1S/C24H31ClN2O5/c1-4-7-15-10-11-16-19(18(15)24(31)32-5-2)23(30)27(12-13-28)21(16)22(29)26-20-14(3)8-6-9-17(20)25/h6,8-11,15-16,18-19,21,28H,4-5,7,12-13H2,1-3H3,(H,26,29)/t15-,16+,18-,19-,21+/m1/s1. The van der Waals surface area contributed by atoms with E-state index in [0.717, 1.165) is 18.4 Å². The summed E-state index contributed by atoms with van der Waals surface area (Å²) in [6.07, 6.45) is 5.43. The summed E-state index contributed by atoms with van der Waals surface area (Å²) in [5, 5.41) is 12.9. The van der Waals surface area contributed by atoms with Gasteiger partial charge < -0.3 is 20.1 Å². The van der Waals surface area contributed by atoms with E-state index in [9.17, 15) is 19.5 Å². The van der Waals surface area contributed by atoms with Gasteiger partial charge in [0, 0.05) is 12.5 Å². The minimum atomic E-state index is -0.855. The lowest BCUT2D eigenvalue weighted by atomic mass is 9.69. The molecule has 1 heterocycles. The molecule has 1 aliphatic carbocycles. The molecule has 0 spiro atoms. The van der Waals surface area contributed by atoms with Crippen LogP contribution in [0.3, 0.4) is 0 Å². The summed E-state index contributed by atoms with van der Waals surface area (Å²) in [5.41, 5.74) is 1.29. The molecule has 1 aromatic carbocycles. The minimum Gasteiger partial charge on any atom is -0.466 e. The number of esters is 1. The van der Waals surface area contributed by atoms with Crippen LogP contribution in [0, 0.1) is 30.6 Å². The number of hydrogen-bond acceptors (Lipinski definition) is 5. The third kappa shape index (κ3) is 4.55. The Labute approximate surface area is 193 Å². The van der Waals surface area contributed by atoms with Crippen molar-refractivity contribution >= 4 is 35.1 Å². The number of rotatable bonds is 8. The van der Waals surface area contributed by atoms with E-state index in [4.69, 9.17) is 16.3 Å². The van der Waals surface area contributed by atoms with Crippen molar-refractivity contribution in [1.29, 1.82) is 0 Å². The Kier molecular flexibility index (Phi) is 7.96. The van der Waals surface area contributed by atoms with E-state index < -0.39 is 35.7 Å². The fourth-order valence-electron chi connectivity index (χ4n) is 5.00. The van der Waals surface area contributed by atoms with Crippen molar-refractivity contribution in [2.45, 2.75) is 39.7 Å². The van der Waals surface area contributed by atoms with E-state index in [1.54, 1.807) is 19.1 Å². The highest BCUT2D eigenvalue weighted by molar-refractivity contribution is 6.34. The Morgan fingerprint density at radius 1 is 1.25 bits per heavy atom. The number of ether oxygens (including phenoxy) is 1. The van der Waals surface area contributed by atoms with Gasteiger partial charge in [-0.25, -0.2) is 0 Å². The summed E-state index contributed by atoms with van der Waals surface area (Å²) in [6, 6.07) is 4.46. The molecule has 2 N–H and O–H groups in total. The third-order valence-corrected chi connectivity index (χ3v) is 6.69. The predicted molar refractivity (Wildman–Crippen MR) is 122 cm³/mol. The van der Waals surface area contributed by atoms with Crippen molar-refractivity contribution in [3.8, 4) is 0 Å². The van der Waals surface area contributed by atoms with Crippen LogP contribution in [0.15, 0.2) is 30.4 Å². The van der Waals surface area contributed by atoms with Crippen LogP contribution >= 0.6 is 11.6 Å². The zero-order valence-corrected chi connectivity index (χ0v) is 19.5. The van der Waals surface area contributed by atoms with Crippen LogP contribution in [0.4, 0.5) is 5.69 Å². The Hall–Kier alpha value is -2.38. The SMILES string of the molecule is CCC[C@@H]1C=C[C@H]2[C@@H](C(=O)N(CCO)[C@@H]2C(=O)Nc2c(C)cccc2Cl)[C@@H]1C(=O)OCC. The second-order valence-corrected chi connectivity index (χ2v) is 8.75. The largest absolute Gasteiger partial charge is 0.466 e. The van der Waals surface area contributed by atoms with Gasteiger partial charge in [0.1, 0.15) is 6.04 Å². The molecule has 174 valence electrons. The van der Waals surface area contributed by atoms with Gasteiger partial charge in [-0.3, -0.25) is 14.4 Å². The van der Waals surface area contributed by atoms with Crippen molar-refractivity contribution in [1.82, 2.24) is 4.90 Å². The molecule has 1 fully saturated rings. The molecule has 0 unspecified atom stereocenters. The van der Waals surface area contributed by atoms with E-state index in [-0.39, 0.29) is 31.6 Å². The summed E-state index contributed by atoms with van der Waals surface area (Å²) in [7, 11) is 0. The van der Waals surface area contributed by atoms with Gasteiger partial charge in [0.15, 0.2) is 0 Å². The maximum atomic E-state index is 13.5. The first-order valence-electron chi connectivity index (χ1n) is 11.2. The van der Waals surface area contributed by atoms with Crippen molar-refractivity contribution < 1.29 is 24.2 Å². The zero-order chi connectivity index (χ0) is 23.4. The second-order valence-electron chi connectivity index (χ2n) is 8.34. The summed E-state index contributed by atoms with van der Waals surface area (Å²) in [5.74, 6) is -3.10. The number of aryl methyl sites for hydroxylation is 1. The second kappa shape index (κ2) is 10.5. The summed E-state index contributed by atoms with van der Waals surface area (Å²) in [4.78, 5) is 41.2. The quantitative estimate of drug-likeness (QED) is 0.457. The number of aliphatic hydroxyl groups is 1. The molecule has 1 aromatic rings. The molecule has 0 saturated carbocycles. The normalized spacial score (nSPS) is 26.7. The average molecular weight is 463 g/mol. The number of allylic oxidation sites excluding steroid dienone is 1. The Bertz CT molecular complexity index is 882. The van der Waals surface area contributed by atoms with Crippen molar-refractivity contribution in [2.24, 2.45) is 23.7 Å². The van der Waals surface area contributed by atoms with Gasteiger partial charge in [-0.2, -0.15) is 0 Å². The van der Waals surface area contributed by atoms with E-state index in [2.05, 4.69) is 5.32 Å². The zero-order valence-electron chi connectivity index (χ0n) is 18.7. The fraction of sp³-hybridized carbons (Fsp3) is 0.542. The minimum absolute atomic E-state index is 0.00720. The lowest BCUT2D eigenvalue weighted by molar-refractivity contribution is -0.155. The van der Waals surface area contributed by atoms with Gasteiger partial charge in [-0.05, 0) is 37.8 Å². The number of para-hydroxylation sites is 1. The number of halogens is 1. The molecule has 0 aromatic heterocycles. The van der Waals surface area contributed by atoms with Crippen LogP contribution < -0.4 is 5.32 Å². The van der Waals surface area contributed by atoms with Crippen LogP contribution in [-0.2, 0) is 19.1 Å². The molecule has 32 heavy (non-hydrogen) atoms. The van der Waals surface area contributed by atoms with Gasteiger partial charge in [0.2, 0.25) is 11.8 Å². The van der Waals surface area contributed by atoms with Gasteiger partial charge in [0.05, 0.1) is 35.8 Å². The summed E-state index contributed by atoms with van der Waals surface area (Å²) >= 11 is 6.29. The van der Waals surface area contributed by atoms with Crippen LogP contribution in [0.25, 0.3) is 0 Å². The highest BCUT2D eigenvalue weighted by Crippen LogP contribution is 2.45. The first-order valence-corrected chi connectivity index (χ1v) is 11.6. The van der Waals surface area contributed by atoms with Crippen molar-refractivity contribution in [3.05, 3.63) is 40.9 Å². The Morgan fingerprint density at radius 2 is 2.00 bits per heavy atom. The number of carbonyl (C=O) groups excluding carboxylic acids is 3. The number of nitrogens with one attached hydrogen (secondary N) is 1. The number of amides is 2. The molecular formula is C24H31ClN2O5. The molecule has 0 radical (unpaired) electrons.